The SMILES string of the molecule is COc1ccc(C(Br)C(C)c2ccccc2)c(OC)c1. The minimum atomic E-state index is 0.186. The van der Waals surface area contributed by atoms with Gasteiger partial charge in [-0.05, 0) is 17.5 Å². The van der Waals surface area contributed by atoms with Gasteiger partial charge in [0.05, 0.1) is 14.2 Å². The van der Waals surface area contributed by atoms with E-state index in [1.54, 1.807) is 14.2 Å². The van der Waals surface area contributed by atoms with Crippen LogP contribution >= 0.6 is 15.9 Å². The van der Waals surface area contributed by atoms with Crippen LogP contribution in [0.4, 0.5) is 0 Å². The molecule has 3 heteroatoms. The number of ether oxygens (including phenoxy) is 2. The third-order valence-electron chi connectivity index (χ3n) is 3.50. The van der Waals surface area contributed by atoms with Crippen molar-refractivity contribution in [3.05, 3.63) is 59.7 Å². The van der Waals surface area contributed by atoms with Gasteiger partial charge in [0, 0.05) is 16.5 Å². The fourth-order valence-electron chi connectivity index (χ4n) is 2.24. The molecule has 2 unspecified atom stereocenters. The molecular weight excluding hydrogens is 316 g/mol. The Morgan fingerprint density at radius 1 is 0.950 bits per heavy atom. The molecular formula is C17H19BrO2. The first-order chi connectivity index (χ1) is 9.67. The van der Waals surface area contributed by atoms with Crippen molar-refractivity contribution in [1.82, 2.24) is 0 Å². The molecule has 0 fully saturated rings. The van der Waals surface area contributed by atoms with Gasteiger partial charge < -0.3 is 9.47 Å². The Bertz CT molecular complexity index is 554. The second kappa shape index (κ2) is 6.80. The van der Waals surface area contributed by atoms with E-state index in [4.69, 9.17) is 9.47 Å². The van der Waals surface area contributed by atoms with Crippen LogP contribution in [0.3, 0.4) is 0 Å². The zero-order chi connectivity index (χ0) is 14.5. The number of benzene rings is 2. The number of hydrogen-bond acceptors (Lipinski definition) is 2. The molecule has 0 aliphatic carbocycles. The third kappa shape index (κ3) is 3.15. The first-order valence-electron chi connectivity index (χ1n) is 6.58. The van der Waals surface area contributed by atoms with E-state index >= 15 is 0 Å². The van der Waals surface area contributed by atoms with Crippen LogP contribution in [0.25, 0.3) is 0 Å². The molecule has 0 bridgehead atoms. The largest absolute Gasteiger partial charge is 0.497 e. The average molecular weight is 335 g/mol. The summed E-state index contributed by atoms with van der Waals surface area (Å²) in [5.41, 5.74) is 2.43. The van der Waals surface area contributed by atoms with Crippen LogP contribution in [0.2, 0.25) is 0 Å². The molecule has 2 aromatic rings. The molecule has 0 N–H and O–H groups in total. The molecule has 0 spiro atoms. The summed E-state index contributed by atoms with van der Waals surface area (Å²) in [7, 11) is 3.35. The van der Waals surface area contributed by atoms with Gasteiger partial charge in [-0.2, -0.15) is 0 Å². The van der Waals surface area contributed by atoms with E-state index < -0.39 is 0 Å². The predicted octanol–water partition coefficient (Wildman–Crippen LogP) is 4.94. The summed E-state index contributed by atoms with van der Waals surface area (Å²) in [5.74, 6) is 1.99. The normalized spacial score (nSPS) is 13.6. The van der Waals surface area contributed by atoms with E-state index in [9.17, 15) is 0 Å². The fraction of sp³-hybridized carbons (Fsp3) is 0.294. The van der Waals surface area contributed by atoms with Gasteiger partial charge in [-0.15, -0.1) is 0 Å². The van der Waals surface area contributed by atoms with Crippen LogP contribution in [-0.2, 0) is 0 Å². The van der Waals surface area contributed by atoms with Crippen molar-refractivity contribution >= 4 is 15.9 Å². The molecule has 2 rings (SSSR count). The van der Waals surface area contributed by atoms with Crippen LogP contribution in [-0.4, -0.2) is 14.2 Å². The van der Waals surface area contributed by atoms with Crippen molar-refractivity contribution < 1.29 is 9.47 Å². The molecule has 0 saturated heterocycles. The maximum Gasteiger partial charge on any atom is 0.126 e. The van der Waals surface area contributed by atoms with Crippen molar-refractivity contribution in [2.24, 2.45) is 0 Å². The number of halogens is 1. The van der Waals surface area contributed by atoms with Crippen LogP contribution in [0.5, 0.6) is 11.5 Å². The molecule has 0 aliphatic heterocycles. The van der Waals surface area contributed by atoms with Crippen molar-refractivity contribution in [2.75, 3.05) is 14.2 Å². The maximum atomic E-state index is 5.48. The molecule has 0 heterocycles. The quantitative estimate of drug-likeness (QED) is 0.720. The summed E-state index contributed by atoms with van der Waals surface area (Å²) < 4.78 is 10.7. The highest BCUT2D eigenvalue weighted by molar-refractivity contribution is 9.09. The van der Waals surface area contributed by atoms with E-state index in [-0.39, 0.29) is 4.83 Å². The van der Waals surface area contributed by atoms with Gasteiger partial charge in [-0.1, -0.05) is 59.3 Å². The molecule has 2 atom stereocenters. The van der Waals surface area contributed by atoms with Crippen LogP contribution in [0.1, 0.15) is 28.8 Å². The van der Waals surface area contributed by atoms with Crippen molar-refractivity contribution in [1.29, 1.82) is 0 Å². The summed E-state index contributed by atoms with van der Waals surface area (Å²) in [6, 6.07) is 16.4. The highest BCUT2D eigenvalue weighted by atomic mass is 79.9. The lowest BCUT2D eigenvalue weighted by atomic mass is 9.93. The van der Waals surface area contributed by atoms with E-state index in [2.05, 4.69) is 53.2 Å². The zero-order valence-corrected chi connectivity index (χ0v) is 13.6. The number of hydrogen-bond donors (Lipinski definition) is 0. The van der Waals surface area contributed by atoms with E-state index in [1.807, 2.05) is 18.2 Å². The maximum absolute atomic E-state index is 5.48. The highest BCUT2D eigenvalue weighted by Gasteiger charge is 2.21. The van der Waals surface area contributed by atoms with Gasteiger partial charge in [0.15, 0.2) is 0 Å². The lowest BCUT2D eigenvalue weighted by molar-refractivity contribution is 0.390. The molecule has 0 aliphatic rings. The molecule has 2 aromatic carbocycles. The van der Waals surface area contributed by atoms with Crippen LogP contribution in [0, 0.1) is 0 Å². The number of rotatable bonds is 5. The number of methoxy groups -OCH3 is 2. The number of alkyl halides is 1. The van der Waals surface area contributed by atoms with Crippen LogP contribution in [0.15, 0.2) is 48.5 Å². The molecule has 0 amide bonds. The van der Waals surface area contributed by atoms with Gasteiger partial charge >= 0.3 is 0 Å². The third-order valence-corrected chi connectivity index (χ3v) is 4.79. The summed E-state index contributed by atoms with van der Waals surface area (Å²) in [6.07, 6.45) is 0. The zero-order valence-electron chi connectivity index (χ0n) is 12.0. The summed E-state index contributed by atoms with van der Waals surface area (Å²) in [5, 5.41) is 0. The van der Waals surface area contributed by atoms with Gasteiger partial charge in [-0.3, -0.25) is 0 Å². The summed E-state index contributed by atoms with van der Waals surface area (Å²) in [6.45, 7) is 2.21. The van der Waals surface area contributed by atoms with E-state index in [0.717, 1.165) is 17.1 Å². The van der Waals surface area contributed by atoms with Gasteiger partial charge in [0.2, 0.25) is 0 Å². The Morgan fingerprint density at radius 2 is 1.65 bits per heavy atom. The Morgan fingerprint density at radius 3 is 2.25 bits per heavy atom. The van der Waals surface area contributed by atoms with Gasteiger partial charge in [0.1, 0.15) is 11.5 Å². The van der Waals surface area contributed by atoms with Gasteiger partial charge in [-0.25, -0.2) is 0 Å². The lowest BCUT2D eigenvalue weighted by Crippen LogP contribution is -2.04. The Hall–Kier alpha value is -1.48. The van der Waals surface area contributed by atoms with Crippen molar-refractivity contribution in [3.63, 3.8) is 0 Å². The van der Waals surface area contributed by atoms with Crippen molar-refractivity contribution in [2.45, 2.75) is 17.7 Å². The Kier molecular flexibility index (Phi) is 5.07. The molecule has 0 aromatic heterocycles. The Labute approximate surface area is 128 Å². The second-order valence-electron chi connectivity index (χ2n) is 4.71. The van der Waals surface area contributed by atoms with Gasteiger partial charge in [0.25, 0.3) is 0 Å². The van der Waals surface area contributed by atoms with E-state index in [1.165, 1.54) is 5.56 Å². The smallest absolute Gasteiger partial charge is 0.126 e. The van der Waals surface area contributed by atoms with Crippen LogP contribution < -0.4 is 9.47 Å². The predicted molar refractivity (Wildman–Crippen MR) is 86.1 cm³/mol. The second-order valence-corrected chi connectivity index (χ2v) is 5.70. The molecule has 106 valence electrons. The van der Waals surface area contributed by atoms with E-state index in [0.29, 0.717) is 5.92 Å². The summed E-state index contributed by atoms with van der Waals surface area (Å²) >= 11 is 3.81. The molecule has 20 heavy (non-hydrogen) atoms. The summed E-state index contributed by atoms with van der Waals surface area (Å²) in [4.78, 5) is 0.186. The molecule has 0 radical (unpaired) electrons. The topological polar surface area (TPSA) is 18.5 Å². The molecule has 0 saturated carbocycles. The molecule has 2 nitrogen and oxygen atoms in total. The van der Waals surface area contributed by atoms with Crippen molar-refractivity contribution in [3.8, 4) is 11.5 Å². The first kappa shape index (κ1) is 14.9. The first-order valence-corrected chi connectivity index (χ1v) is 7.50. The Balaban J connectivity index is 2.31. The minimum Gasteiger partial charge on any atom is -0.497 e. The fourth-order valence-corrected chi connectivity index (χ4v) is 2.92. The minimum absolute atomic E-state index is 0.186. The lowest BCUT2D eigenvalue weighted by Gasteiger charge is -2.21. The monoisotopic (exact) mass is 334 g/mol. The average Bonchev–Trinajstić information content (AvgIpc) is 2.53. The highest BCUT2D eigenvalue weighted by Crippen LogP contribution is 2.42. The standard InChI is InChI=1S/C17H19BrO2/c1-12(13-7-5-4-6-8-13)17(18)15-10-9-14(19-2)11-16(15)20-3/h4-12,17H,1-3H3.